The third-order valence-electron chi connectivity index (χ3n) is 4.29. The molecule has 0 aliphatic carbocycles. The van der Waals surface area contributed by atoms with Gasteiger partial charge in [-0.1, -0.05) is 0 Å². The number of piperidine rings is 1. The molecule has 3 aromatic heterocycles. The molecule has 23 heavy (non-hydrogen) atoms. The van der Waals surface area contributed by atoms with Crippen LogP contribution in [0.2, 0.25) is 0 Å². The molecule has 0 bridgehead atoms. The van der Waals surface area contributed by atoms with Gasteiger partial charge in [0.1, 0.15) is 0 Å². The summed E-state index contributed by atoms with van der Waals surface area (Å²) >= 11 is 3.37. The van der Waals surface area contributed by atoms with Crippen LogP contribution in [0.15, 0.2) is 47.3 Å². The van der Waals surface area contributed by atoms with Crippen molar-refractivity contribution in [1.82, 2.24) is 19.9 Å². The average Bonchev–Trinajstić information content (AvgIpc) is 2.62. The Labute approximate surface area is 142 Å². The van der Waals surface area contributed by atoms with Crippen LogP contribution in [0.25, 0.3) is 11.0 Å². The fraction of sp³-hybridized carbons (Fsp3) is 0.294. The molecule has 3 aromatic rings. The largest absolute Gasteiger partial charge is 0.341 e. The first kappa shape index (κ1) is 14.5. The predicted octanol–water partition coefficient (Wildman–Crippen LogP) is 3.57. The van der Waals surface area contributed by atoms with E-state index in [0.29, 0.717) is 5.92 Å². The molecular formula is C17H16BrN5. The maximum Gasteiger partial charge on any atom is 0.225 e. The number of anilines is 1. The Morgan fingerprint density at radius 3 is 2.57 bits per heavy atom. The molecule has 1 fully saturated rings. The van der Waals surface area contributed by atoms with Gasteiger partial charge in [-0.3, -0.25) is 0 Å². The average molecular weight is 370 g/mol. The molecule has 1 aliphatic rings. The van der Waals surface area contributed by atoms with Gasteiger partial charge in [-0.15, -0.1) is 0 Å². The van der Waals surface area contributed by atoms with Gasteiger partial charge in [0.05, 0.1) is 4.47 Å². The number of aromatic nitrogens is 4. The number of fused-ring (bicyclic) bond motifs is 1. The third-order valence-corrected chi connectivity index (χ3v) is 4.70. The van der Waals surface area contributed by atoms with Crippen LogP contribution in [-0.4, -0.2) is 33.0 Å². The van der Waals surface area contributed by atoms with E-state index >= 15 is 0 Å². The maximum absolute atomic E-state index is 4.74. The van der Waals surface area contributed by atoms with Gasteiger partial charge in [0.15, 0.2) is 5.65 Å². The molecule has 1 aliphatic heterocycles. The van der Waals surface area contributed by atoms with Crippen molar-refractivity contribution in [2.45, 2.75) is 18.8 Å². The van der Waals surface area contributed by atoms with Crippen molar-refractivity contribution >= 4 is 32.9 Å². The summed E-state index contributed by atoms with van der Waals surface area (Å²) in [4.78, 5) is 20.1. The van der Waals surface area contributed by atoms with Crippen LogP contribution in [0.4, 0.5) is 5.95 Å². The van der Waals surface area contributed by atoms with Gasteiger partial charge < -0.3 is 4.90 Å². The minimum atomic E-state index is 0.480. The molecule has 0 atom stereocenters. The molecule has 0 saturated carbocycles. The van der Waals surface area contributed by atoms with E-state index < -0.39 is 0 Å². The summed E-state index contributed by atoms with van der Waals surface area (Å²) in [5.41, 5.74) is 1.98. The van der Waals surface area contributed by atoms with Gasteiger partial charge in [0.25, 0.3) is 0 Å². The van der Waals surface area contributed by atoms with Crippen molar-refractivity contribution in [3.63, 3.8) is 0 Å². The van der Waals surface area contributed by atoms with Crippen molar-refractivity contribution in [3.05, 3.63) is 53.0 Å². The third kappa shape index (κ3) is 3.03. The van der Waals surface area contributed by atoms with E-state index in [-0.39, 0.29) is 0 Å². The molecule has 4 heterocycles. The second kappa shape index (κ2) is 6.20. The Bertz CT molecular complexity index is 813. The van der Waals surface area contributed by atoms with E-state index in [1.807, 2.05) is 12.1 Å². The van der Waals surface area contributed by atoms with Crippen molar-refractivity contribution in [2.24, 2.45) is 0 Å². The molecule has 116 valence electrons. The van der Waals surface area contributed by atoms with E-state index in [1.54, 1.807) is 18.6 Å². The Hall–Kier alpha value is -2.08. The highest BCUT2D eigenvalue weighted by Crippen LogP contribution is 2.29. The number of hydrogen-bond donors (Lipinski definition) is 0. The SMILES string of the molecule is Brc1cnc(N2CCC(c3ccc4cccnc4n3)CC2)nc1. The zero-order valence-corrected chi connectivity index (χ0v) is 14.1. The topological polar surface area (TPSA) is 54.8 Å². The van der Waals surface area contributed by atoms with Crippen LogP contribution < -0.4 is 4.90 Å². The molecule has 0 amide bonds. The Morgan fingerprint density at radius 2 is 1.78 bits per heavy atom. The van der Waals surface area contributed by atoms with Gasteiger partial charge in [-0.25, -0.2) is 19.9 Å². The monoisotopic (exact) mass is 369 g/mol. The van der Waals surface area contributed by atoms with E-state index in [9.17, 15) is 0 Å². The first-order valence-electron chi connectivity index (χ1n) is 7.74. The van der Waals surface area contributed by atoms with E-state index in [4.69, 9.17) is 4.98 Å². The van der Waals surface area contributed by atoms with Gasteiger partial charge in [-0.2, -0.15) is 0 Å². The zero-order valence-electron chi connectivity index (χ0n) is 12.6. The molecule has 6 heteroatoms. The minimum Gasteiger partial charge on any atom is -0.341 e. The van der Waals surface area contributed by atoms with Crippen LogP contribution in [0.5, 0.6) is 0 Å². The Balaban J connectivity index is 1.49. The number of rotatable bonds is 2. The van der Waals surface area contributed by atoms with Crippen LogP contribution >= 0.6 is 15.9 Å². The lowest BCUT2D eigenvalue weighted by Gasteiger charge is -2.31. The first-order valence-corrected chi connectivity index (χ1v) is 8.53. The fourth-order valence-electron chi connectivity index (χ4n) is 3.04. The van der Waals surface area contributed by atoms with Crippen LogP contribution in [0, 0.1) is 0 Å². The first-order chi connectivity index (χ1) is 11.3. The molecule has 0 aromatic carbocycles. The molecule has 0 unspecified atom stereocenters. The summed E-state index contributed by atoms with van der Waals surface area (Å²) in [6.45, 7) is 1.91. The number of pyridine rings is 2. The van der Waals surface area contributed by atoms with Gasteiger partial charge in [-0.05, 0) is 53.0 Å². The second-order valence-electron chi connectivity index (χ2n) is 5.75. The van der Waals surface area contributed by atoms with E-state index in [0.717, 1.165) is 53.1 Å². The molecule has 5 nitrogen and oxygen atoms in total. The standard InChI is InChI=1S/C17H16BrN5/c18-14-10-20-17(21-11-14)23-8-5-12(6-9-23)15-4-3-13-2-1-7-19-16(13)22-15/h1-4,7,10-12H,5-6,8-9H2. The van der Waals surface area contributed by atoms with Crippen molar-refractivity contribution < 1.29 is 0 Å². The lowest BCUT2D eigenvalue weighted by Crippen LogP contribution is -2.34. The predicted molar refractivity (Wildman–Crippen MR) is 93.5 cm³/mol. The van der Waals surface area contributed by atoms with Crippen molar-refractivity contribution in [3.8, 4) is 0 Å². The van der Waals surface area contributed by atoms with Gasteiger partial charge in [0.2, 0.25) is 5.95 Å². The molecule has 0 spiro atoms. The summed E-state index contributed by atoms with van der Waals surface area (Å²) in [5.74, 6) is 1.29. The van der Waals surface area contributed by atoms with Gasteiger partial charge in [0, 0.05) is 48.7 Å². The van der Waals surface area contributed by atoms with Crippen molar-refractivity contribution in [1.29, 1.82) is 0 Å². The molecule has 4 rings (SSSR count). The summed E-state index contributed by atoms with van der Waals surface area (Å²) < 4.78 is 0.906. The van der Waals surface area contributed by atoms with Gasteiger partial charge >= 0.3 is 0 Å². The molecule has 1 saturated heterocycles. The highest BCUT2D eigenvalue weighted by atomic mass is 79.9. The Morgan fingerprint density at radius 1 is 1.00 bits per heavy atom. The normalized spacial score (nSPS) is 16.0. The molecule has 0 N–H and O–H groups in total. The smallest absolute Gasteiger partial charge is 0.225 e. The fourth-order valence-corrected chi connectivity index (χ4v) is 3.24. The number of halogens is 1. The second-order valence-corrected chi connectivity index (χ2v) is 6.66. The van der Waals surface area contributed by atoms with Crippen LogP contribution in [0.1, 0.15) is 24.5 Å². The van der Waals surface area contributed by atoms with Crippen LogP contribution in [-0.2, 0) is 0 Å². The molecular weight excluding hydrogens is 354 g/mol. The van der Waals surface area contributed by atoms with E-state index in [2.05, 4.69) is 47.9 Å². The quantitative estimate of drug-likeness (QED) is 0.690. The zero-order chi connectivity index (χ0) is 15.6. The summed E-state index contributed by atoms with van der Waals surface area (Å²) in [7, 11) is 0. The summed E-state index contributed by atoms with van der Waals surface area (Å²) in [5, 5.41) is 1.09. The number of hydrogen-bond acceptors (Lipinski definition) is 5. The summed E-state index contributed by atoms with van der Waals surface area (Å²) in [6, 6.07) is 8.25. The lowest BCUT2D eigenvalue weighted by molar-refractivity contribution is 0.491. The minimum absolute atomic E-state index is 0.480. The molecule has 0 radical (unpaired) electrons. The summed E-state index contributed by atoms with van der Waals surface area (Å²) in [6.07, 6.45) is 7.51. The van der Waals surface area contributed by atoms with E-state index in [1.165, 1.54) is 0 Å². The lowest BCUT2D eigenvalue weighted by atomic mass is 9.93. The maximum atomic E-state index is 4.74. The number of nitrogens with zero attached hydrogens (tertiary/aromatic N) is 5. The highest BCUT2D eigenvalue weighted by Gasteiger charge is 2.23. The Kier molecular flexibility index (Phi) is 3.91. The highest BCUT2D eigenvalue weighted by molar-refractivity contribution is 9.10. The van der Waals surface area contributed by atoms with Crippen molar-refractivity contribution in [2.75, 3.05) is 18.0 Å². The van der Waals surface area contributed by atoms with Crippen LogP contribution in [0.3, 0.4) is 0 Å².